The minimum absolute atomic E-state index is 0.229. The molecule has 1 saturated heterocycles. The summed E-state index contributed by atoms with van der Waals surface area (Å²) in [5, 5.41) is 5.94. The summed E-state index contributed by atoms with van der Waals surface area (Å²) in [5.41, 5.74) is 1.26. The average molecular weight is 417 g/mol. The van der Waals surface area contributed by atoms with Gasteiger partial charge in [0, 0.05) is 31.1 Å². The number of nitrogens with zero attached hydrogens (tertiary/aromatic N) is 1. The van der Waals surface area contributed by atoms with E-state index in [1.165, 1.54) is 15.6 Å². The Morgan fingerprint density at radius 2 is 1.93 bits per heavy atom. The Morgan fingerprint density at radius 3 is 2.63 bits per heavy atom. The molecule has 150 valence electrons. The van der Waals surface area contributed by atoms with Crippen molar-refractivity contribution in [1.82, 2.24) is 14.3 Å². The van der Waals surface area contributed by atoms with E-state index >= 15 is 0 Å². The lowest BCUT2D eigenvalue weighted by Crippen LogP contribution is -2.52. The van der Waals surface area contributed by atoms with E-state index < -0.39 is 22.2 Å². The van der Waals surface area contributed by atoms with Gasteiger partial charge in [-0.1, -0.05) is 0 Å². The number of piperazine rings is 1. The van der Waals surface area contributed by atoms with Crippen molar-refractivity contribution in [2.24, 2.45) is 0 Å². The van der Waals surface area contributed by atoms with Crippen molar-refractivity contribution >= 4 is 38.5 Å². The van der Waals surface area contributed by atoms with Crippen molar-refractivity contribution in [3.05, 3.63) is 16.0 Å². The number of rotatable bonds is 5. The summed E-state index contributed by atoms with van der Waals surface area (Å²) in [4.78, 5) is 25.8. The Kier molecular flexibility index (Phi) is 6.35. The number of urea groups is 1. The average Bonchev–Trinajstić information content (AvgIpc) is 2.99. The minimum atomic E-state index is -3.93. The van der Waals surface area contributed by atoms with Crippen LogP contribution >= 0.6 is 11.3 Å². The second-order valence-corrected chi connectivity index (χ2v) is 9.12. The van der Waals surface area contributed by atoms with Crippen molar-refractivity contribution in [2.75, 3.05) is 38.1 Å². The molecule has 1 aliphatic heterocycles. The van der Waals surface area contributed by atoms with Gasteiger partial charge in [0.15, 0.2) is 0 Å². The number of hydrogen-bond acceptors (Lipinski definition) is 7. The lowest BCUT2D eigenvalue weighted by atomic mass is 9.95. The molecule has 27 heavy (non-hydrogen) atoms. The van der Waals surface area contributed by atoms with Crippen LogP contribution in [0.5, 0.6) is 0 Å². The van der Waals surface area contributed by atoms with Gasteiger partial charge in [-0.25, -0.2) is 14.3 Å². The number of fused-ring (bicyclic) bond motifs is 1. The molecule has 0 radical (unpaired) electrons. The Balaban J connectivity index is 1.77. The standard InChI is InChI=1S/C16H24N4O5S2/c1-2-25-15(21)13-11-5-3-4-6-12(11)26-14(13)18-16(22)19-27(23,24)20-9-7-17-8-10-20/h17H,2-10H2,1H3,(H2,18,19,22). The van der Waals surface area contributed by atoms with Gasteiger partial charge in [0.05, 0.1) is 12.2 Å². The largest absolute Gasteiger partial charge is 0.462 e. The van der Waals surface area contributed by atoms with E-state index in [2.05, 4.69) is 10.6 Å². The van der Waals surface area contributed by atoms with Crippen LogP contribution in [0.3, 0.4) is 0 Å². The van der Waals surface area contributed by atoms with Crippen molar-refractivity contribution in [2.45, 2.75) is 32.6 Å². The highest BCUT2D eigenvalue weighted by Gasteiger charge is 2.29. The summed E-state index contributed by atoms with van der Waals surface area (Å²) in [7, 11) is -3.93. The second kappa shape index (κ2) is 8.55. The number of hydrogen-bond donors (Lipinski definition) is 3. The Bertz CT molecular complexity index is 815. The number of esters is 1. The topological polar surface area (TPSA) is 117 Å². The number of amides is 2. The number of ether oxygens (including phenoxy) is 1. The molecule has 0 aromatic carbocycles. The molecule has 1 aliphatic carbocycles. The maximum absolute atomic E-state index is 12.4. The molecular formula is C16H24N4O5S2. The molecule has 1 aromatic heterocycles. The third-order valence-corrected chi connectivity index (χ3v) is 7.21. The van der Waals surface area contributed by atoms with E-state index in [4.69, 9.17) is 4.74 Å². The fourth-order valence-corrected chi connectivity index (χ4v) is 5.62. The number of anilines is 1. The maximum atomic E-state index is 12.4. The first kappa shape index (κ1) is 20.1. The van der Waals surface area contributed by atoms with Crippen LogP contribution in [-0.4, -0.2) is 57.5 Å². The van der Waals surface area contributed by atoms with Gasteiger partial charge in [-0.05, 0) is 38.2 Å². The van der Waals surface area contributed by atoms with Crippen molar-refractivity contribution in [1.29, 1.82) is 0 Å². The maximum Gasteiger partial charge on any atom is 0.341 e. The summed E-state index contributed by atoms with van der Waals surface area (Å²) in [6, 6.07) is -0.877. The van der Waals surface area contributed by atoms with Crippen LogP contribution in [0.15, 0.2) is 0 Å². The molecule has 3 rings (SSSR count). The molecule has 3 N–H and O–H groups in total. The van der Waals surface area contributed by atoms with E-state index in [0.29, 0.717) is 36.7 Å². The molecule has 2 amide bonds. The van der Waals surface area contributed by atoms with Gasteiger partial charge < -0.3 is 10.1 Å². The molecule has 0 bridgehead atoms. The molecule has 0 unspecified atom stereocenters. The molecule has 0 saturated carbocycles. The molecule has 9 nitrogen and oxygen atoms in total. The summed E-state index contributed by atoms with van der Waals surface area (Å²) < 4.78 is 33.1. The van der Waals surface area contributed by atoms with Gasteiger partial charge in [-0.15, -0.1) is 11.3 Å². The van der Waals surface area contributed by atoms with E-state index in [9.17, 15) is 18.0 Å². The minimum Gasteiger partial charge on any atom is -0.462 e. The Hall–Kier alpha value is -1.69. The van der Waals surface area contributed by atoms with E-state index in [0.717, 1.165) is 36.1 Å². The zero-order valence-electron chi connectivity index (χ0n) is 15.2. The van der Waals surface area contributed by atoms with Gasteiger partial charge in [-0.3, -0.25) is 5.32 Å². The number of thiophene rings is 1. The lowest BCUT2D eigenvalue weighted by molar-refractivity contribution is 0.0526. The number of carbonyl (C=O) groups is 2. The summed E-state index contributed by atoms with van der Waals surface area (Å²) in [6.45, 7) is 3.61. The van der Waals surface area contributed by atoms with E-state index in [1.54, 1.807) is 6.92 Å². The molecule has 0 spiro atoms. The first-order chi connectivity index (χ1) is 12.9. The molecule has 1 fully saturated rings. The van der Waals surface area contributed by atoms with Crippen molar-refractivity contribution < 1.29 is 22.7 Å². The number of nitrogens with one attached hydrogen (secondary N) is 3. The first-order valence-corrected chi connectivity index (χ1v) is 11.3. The van der Waals surface area contributed by atoms with Crippen LogP contribution in [-0.2, 0) is 27.8 Å². The van der Waals surface area contributed by atoms with Gasteiger partial charge >= 0.3 is 22.2 Å². The predicted octanol–water partition coefficient (Wildman–Crippen LogP) is 1.08. The van der Waals surface area contributed by atoms with Crippen molar-refractivity contribution in [3.63, 3.8) is 0 Å². The molecular weight excluding hydrogens is 392 g/mol. The first-order valence-electron chi connectivity index (χ1n) is 9.03. The lowest BCUT2D eigenvalue weighted by Gasteiger charge is -2.26. The quantitative estimate of drug-likeness (QED) is 0.619. The molecule has 1 aromatic rings. The molecule has 0 atom stereocenters. The SMILES string of the molecule is CCOC(=O)c1c(NC(=O)NS(=O)(=O)N2CCNCC2)sc2c1CCCC2. The highest BCUT2D eigenvalue weighted by Crippen LogP contribution is 2.38. The fraction of sp³-hybridized carbons (Fsp3) is 0.625. The van der Waals surface area contributed by atoms with E-state index in [1.807, 2.05) is 4.72 Å². The van der Waals surface area contributed by atoms with E-state index in [-0.39, 0.29) is 6.61 Å². The van der Waals surface area contributed by atoms with Crippen LogP contribution in [0.25, 0.3) is 0 Å². The number of carbonyl (C=O) groups excluding carboxylic acids is 2. The van der Waals surface area contributed by atoms with Crippen LogP contribution in [0.4, 0.5) is 9.80 Å². The predicted molar refractivity (Wildman–Crippen MR) is 102 cm³/mol. The highest BCUT2D eigenvalue weighted by atomic mass is 32.2. The van der Waals surface area contributed by atoms with Gasteiger partial charge in [0.25, 0.3) is 0 Å². The van der Waals surface area contributed by atoms with Crippen LogP contribution in [0.1, 0.15) is 40.6 Å². The monoisotopic (exact) mass is 416 g/mol. The van der Waals surface area contributed by atoms with Gasteiger partial charge in [0.1, 0.15) is 5.00 Å². The second-order valence-electron chi connectivity index (χ2n) is 6.35. The third kappa shape index (κ3) is 4.60. The zero-order valence-corrected chi connectivity index (χ0v) is 16.8. The molecule has 2 aliphatic rings. The van der Waals surface area contributed by atoms with Crippen LogP contribution in [0.2, 0.25) is 0 Å². The van der Waals surface area contributed by atoms with Gasteiger partial charge in [-0.2, -0.15) is 12.7 Å². The normalized spacial score (nSPS) is 17.8. The summed E-state index contributed by atoms with van der Waals surface area (Å²) in [5.74, 6) is -0.489. The highest BCUT2D eigenvalue weighted by molar-refractivity contribution is 7.87. The van der Waals surface area contributed by atoms with Crippen LogP contribution in [0, 0.1) is 0 Å². The zero-order chi connectivity index (χ0) is 19.4. The van der Waals surface area contributed by atoms with Crippen molar-refractivity contribution in [3.8, 4) is 0 Å². The molecule has 2 heterocycles. The van der Waals surface area contributed by atoms with Gasteiger partial charge in [0.2, 0.25) is 0 Å². The fourth-order valence-electron chi connectivity index (χ4n) is 3.27. The summed E-state index contributed by atoms with van der Waals surface area (Å²) >= 11 is 1.31. The number of aryl methyl sites for hydroxylation is 1. The van der Waals surface area contributed by atoms with Crippen LogP contribution < -0.4 is 15.4 Å². The Morgan fingerprint density at radius 1 is 1.22 bits per heavy atom. The molecule has 11 heteroatoms. The summed E-state index contributed by atoms with van der Waals surface area (Å²) in [6.07, 6.45) is 3.59. The Labute approximate surface area is 162 Å². The smallest absolute Gasteiger partial charge is 0.341 e. The third-order valence-electron chi connectivity index (χ3n) is 4.52.